The zero-order valence-electron chi connectivity index (χ0n) is 5.18. The first-order chi connectivity index (χ1) is 4.36. The Bertz CT molecular complexity index is 130. The van der Waals surface area contributed by atoms with Crippen LogP contribution in [-0.4, -0.2) is 22.5 Å². The van der Waals surface area contributed by atoms with E-state index in [0.717, 1.165) is 24.1 Å². The van der Waals surface area contributed by atoms with E-state index in [2.05, 4.69) is 33.6 Å². The number of alkyl halides is 1. The molecule has 1 unspecified atom stereocenters. The van der Waals surface area contributed by atoms with E-state index in [4.69, 9.17) is 5.26 Å². The molecule has 0 radical (unpaired) electrons. The minimum Gasteiger partial charge on any atom is -0.293 e. The van der Waals surface area contributed by atoms with E-state index in [9.17, 15) is 0 Å². The fourth-order valence-electron chi connectivity index (χ4n) is 1.05. The molecule has 9 heavy (non-hydrogen) atoms. The minimum atomic E-state index is 0.305. The third-order valence-electron chi connectivity index (χ3n) is 1.62. The first-order valence-corrected chi connectivity index (χ1v) is 4.57. The van der Waals surface area contributed by atoms with Crippen LogP contribution in [0.1, 0.15) is 6.42 Å². The van der Waals surface area contributed by atoms with Gasteiger partial charge in [0.15, 0.2) is 0 Å². The van der Waals surface area contributed by atoms with Crippen LogP contribution in [0.25, 0.3) is 0 Å². The van der Waals surface area contributed by atoms with Crippen LogP contribution in [0.2, 0.25) is 0 Å². The zero-order chi connectivity index (χ0) is 6.69. The summed E-state index contributed by atoms with van der Waals surface area (Å²) in [6.45, 7) is 2.10. The Morgan fingerprint density at radius 1 is 1.78 bits per heavy atom. The van der Waals surface area contributed by atoms with Gasteiger partial charge in [0.2, 0.25) is 0 Å². The standard InChI is InChI=1S/C6H9IN2/c7-5-9-2-1-6(3-8)4-9/h6H,1-2,4-5H2. The number of nitrogens with zero attached hydrogens (tertiary/aromatic N) is 2. The Kier molecular flexibility index (Phi) is 2.73. The molecule has 0 aromatic rings. The Hall–Kier alpha value is 0.180. The molecule has 1 heterocycles. The van der Waals surface area contributed by atoms with Gasteiger partial charge < -0.3 is 0 Å². The van der Waals surface area contributed by atoms with Crippen molar-refractivity contribution in [1.29, 1.82) is 5.26 Å². The Morgan fingerprint density at radius 3 is 2.89 bits per heavy atom. The largest absolute Gasteiger partial charge is 0.293 e. The van der Waals surface area contributed by atoms with Crippen molar-refractivity contribution in [3.8, 4) is 6.07 Å². The van der Waals surface area contributed by atoms with Crippen molar-refractivity contribution >= 4 is 22.6 Å². The smallest absolute Gasteiger partial charge is 0.0669 e. The van der Waals surface area contributed by atoms with Crippen molar-refractivity contribution in [2.45, 2.75) is 6.42 Å². The molecule has 1 rings (SSSR count). The van der Waals surface area contributed by atoms with Crippen LogP contribution < -0.4 is 0 Å². The van der Waals surface area contributed by atoms with Gasteiger partial charge in [-0.05, 0) is 6.42 Å². The van der Waals surface area contributed by atoms with Crippen molar-refractivity contribution in [1.82, 2.24) is 4.90 Å². The van der Waals surface area contributed by atoms with Gasteiger partial charge in [-0.3, -0.25) is 4.90 Å². The van der Waals surface area contributed by atoms with Gasteiger partial charge in [-0.1, -0.05) is 22.6 Å². The van der Waals surface area contributed by atoms with Gasteiger partial charge in [-0.25, -0.2) is 0 Å². The van der Waals surface area contributed by atoms with Crippen LogP contribution in [0.15, 0.2) is 0 Å². The van der Waals surface area contributed by atoms with Crippen molar-refractivity contribution in [2.75, 3.05) is 17.6 Å². The fraction of sp³-hybridized carbons (Fsp3) is 0.833. The van der Waals surface area contributed by atoms with Crippen molar-refractivity contribution in [2.24, 2.45) is 5.92 Å². The van der Waals surface area contributed by atoms with Crippen LogP contribution in [0.5, 0.6) is 0 Å². The number of likely N-dealkylation sites (tertiary alicyclic amines) is 1. The molecule has 0 aromatic heterocycles. The lowest BCUT2D eigenvalue weighted by Gasteiger charge is -2.07. The van der Waals surface area contributed by atoms with Crippen LogP contribution in [0.4, 0.5) is 0 Å². The SMILES string of the molecule is N#CC1CCN(CI)C1. The molecule has 0 N–H and O–H groups in total. The zero-order valence-corrected chi connectivity index (χ0v) is 7.34. The number of hydrogen-bond donors (Lipinski definition) is 0. The molecule has 50 valence electrons. The molecule has 3 heteroatoms. The third kappa shape index (κ3) is 1.80. The Labute approximate surface area is 69.0 Å². The summed E-state index contributed by atoms with van der Waals surface area (Å²) in [6.07, 6.45) is 1.07. The molecule has 1 aliphatic heterocycles. The van der Waals surface area contributed by atoms with Crippen molar-refractivity contribution in [3.63, 3.8) is 0 Å². The van der Waals surface area contributed by atoms with Crippen LogP contribution in [-0.2, 0) is 0 Å². The fourth-order valence-corrected chi connectivity index (χ4v) is 1.67. The average Bonchev–Trinajstić information content (AvgIpc) is 2.34. The van der Waals surface area contributed by atoms with E-state index >= 15 is 0 Å². The Balaban J connectivity index is 2.31. The van der Waals surface area contributed by atoms with Gasteiger partial charge >= 0.3 is 0 Å². The van der Waals surface area contributed by atoms with Gasteiger partial charge in [0.25, 0.3) is 0 Å². The Morgan fingerprint density at radius 2 is 2.56 bits per heavy atom. The molecule has 0 bridgehead atoms. The summed E-state index contributed by atoms with van der Waals surface area (Å²) in [7, 11) is 0. The second-order valence-corrected chi connectivity index (χ2v) is 2.99. The monoisotopic (exact) mass is 236 g/mol. The second-order valence-electron chi connectivity index (χ2n) is 2.31. The summed E-state index contributed by atoms with van der Waals surface area (Å²) >= 11 is 2.33. The maximum absolute atomic E-state index is 8.50. The van der Waals surface area contributed by atoms with Gasteiger partial charge in [-0.2, -0.15) is 5.26 Å². The van der Waals surface area contributed by atoms with Crippen LogP contribution >= 0.6 is 22.6 Å². The van der Waals surface area contributed by atoms with E-state index < -0.39 is 0 Å². The summed E-state index contributed by atoms with van der Waals surface area (Å²) in [5, 5.41) is 8.50. The average molecular weight is 236 g/mol. The van der Waals surface area contributed by atoms with E-state index in [1.54, 1.807) is 0 Å². The van der Waals surface area contributed by atoms with Crippen LogP contribution in [0, 0.1) is 17.2 Å². The molecular weight excluding hydrogens is 227 g/mol. The van der Waals surface area contributed by atoms with E-state index in [-0.39, 0.29) is 0 Å². The first-order valence-electron chi connectivity index (χ1n) is 3.04. The summed E-state index contributed by atoms with van der Waals surface area (Å²) < 4.78 is 1.07. The number of hydrogen-bond acceptors (Lipinski definition) is 2. The highest BCUT2D eigenvalue weighted by Crippen LogP contribution is 2.15. The highest BCUT2D eigenvalue weighted by Gasteiger charge is 2.20. The van der Waals surface area contributed by atoms with Crippen LogP contribution in [0.3, 0.4) is 0 Å². The summed E-state index contributed by atoms with van der Waals surface area (Å²) in [4.78, 5) is 2.30. The molecule has 1 saturated heterocycles. The quantitative estimate of drug-likeness (QED) is 0.389. The molecule has 0 aliphatic carbocycles. The van der Waals surface area contributed by atoms with Gasteiger partial charge in [0, 0.05) is 13.1 Å². The molecule has 0 spiro atoms. The highest BCUT2D eigenvalue weighted by atomic mass is 127. The maximum Gasteiger partial charge on any atom is 0.0669 e. The van der Waals surface area contributed by atoms with Gasteiger partial charge in [0.05, 0.1) is 16.5 Å². The molecule has 1 atom stereocenters. The summed E-state index contributed by atoms with van der Waals surface area (Å²) in [5.74, 6) is 0.305. The number of halogens is 1. The predicted molar refractivity (Wildman–Crippen MR) is 44.2 cm³/mol. The summed E-state index contributed by atoms with van der Waals surface area (Å²) in [5.41, 5.74) is 0. The molecule has 1 aliphatic rings. The van der Waals surface area contributed by atoms with Gasteiger partial charge in [-0.15, -0.1) is 0 Å². The van der Waals surface area contributed by atoms with E-state index in [1.165, 1.54) is 0 Å². The topological polar surface area (TPSA) is 27.0 Å². The van der Waals surface area contributed by atoms with E-state index in [0.29, 0.717) is 5.92 Å². The normalized spacial score (nSPS) is 28.2. The first kappa shape index (κ1) is 7.29. The molecule has 0 aromatic carbocycles. The van der Waals surface area contributed by atoms with Crippen molar-refractivity contribution in [3.05, 3.63) is 0 Å². The molecule has 1 fully saturated rings. The number of rotatable bonds is 1. The molecular formula is C6H9IN2. The lowest BCUT2D eigenvalue weighted by molar-refractivity contribution is 0.401. The molecule has 2 nitrogen and oxygen atoms in total. The third-order valence-corrected chi connectivity index (χ3v) is 2.59. The lowest BCUT2D eigenvalue weighted by atomic mass is 10.1. The molecule has 0 amide bonds. The minimum absolute atomic E-state index is 0.305. The maximum atomic E-state index is 8.50. The molecule has 0 saturated carbocycles. The van der Waals surface area contributed by atoms with Crippen molar-refractivity contribution < 1.29 is 0 Å². The lowest BCUT2D eigenvalue weighted by Crippen LogP contribution is -2.17. The number of nitriles is 1. The van der Waals surface area contributed by atoms with Gasteiger partial charge in [0.1, 0.15) is 0 Å². The van der Waals surface area contributed by atoms with E-state index in [1.807, 2.05) is 0 Å². The predicted octanol–water partition coefficient (Wildman–Crippen LogP) is 1.22. The summed E-state index contributed by atoms with van der Waals surface area (Å²) in [6, 6.07) is 2.28. The second kappa shape index (κ2) is 3.37. The highest BCUT2D eigenvalue weighted by molar-refractivity contribution is 14.1.